The number of benzene rings is 1. The van der Waals surface area contributed by atoms with Crippen molar-refractivity contribution in [1.82, 2.24) is 15.2 Å². The summed E-state index contributed by atoms with van der Waals surface area (Å²) in [4.78, 5) is 5.35. The number of pyridine rings is 1. The first-order valence-electron chi connectivity index (χ1n) is 6.79. The summed E-state index contributed by atoms with van der Waals surface area (Å²) in [7, 11) is -2.66. The van der Waals surface area contributed by atoms with E-state index in [1.54, 1.807) is 24.3 Å². The largest absolute Gasteiger partial charge is 0.323 e. The fraction of sp³-hybridized carbons (Fsp3) is 0.0667. The Bertz CT molecular complexity index is 823. The summed E-state index contributed by atoms with van der Waals surface area (Å²) in [5, 5.41) is 10.2. The zero-order valence-electron chi connectivity index (χ0n) is 12.3. The molecule has 0 atom stereocenters. The summed E-state index contributed by atoms with van der Waals surface area (Å²) in [5.41, 5.74) is 0.917. The number of aryl methyl sites for hydroxylation is 1. The molecule has 0 spiro atoms. The van der Waals surface area contributed by atoms with Crippen LogP contribution in [-0.4, -0.2) is 24.3 Å². The number of aromatic amines is 1. The number of anilines is 2. The van der Waals surface area contributed by atoms with Gasteiger partial charge in [0.15, 0.2) is 15.6 Å². The number of hydrogen-bond acceptors (Lipinski definition) is 3. The van der Waals surface area contributed by atoms with Gasteiger partial charge in [-0.2, -0.15) is 5.10 Å². The SMILES string of the molecule is Cc1cc(Nc2cc(S([OH2+])([OH2+])c3ccccc3)cc(Cl)n2)n[nH]1. The lowest BCUT2D eigenvalue weighted by Gasteiger charge is -2.24. The first-order chi connectivity index (χ1) is 10.9. The first kappa shape index (κ1) is 15.8. The number of rotatable bonds is 4. The van der Waals surface area contributed by atoms with E-state index in [9.17, 15) is 0 Å². The van der Waals surface area contributed by atoms with E-state index >= 15 is 0 Å². The summed E-state index contributed by atoms with van der Waals surface area (Å²) in [6, 6.07) is 14.2. The molecule has 0 aliphatic rings. The van der Waals surface area contributed by atoms with Gasteiger partial charge in [0.2, 0.25) is 0 Å². The normalized spacial score (nSPS) is 12.2. The predicted octanol–water partition coefficient (Wildman–Crippen LogP) is 3.01. The Hall–Kier alpha value is -2.06. The second-order valence-electron chi connectivity index (χ2n) is 5.00. The minimum atomic E-state index is -2.66. The number of aromatic nitrogens is 3. The van der Waals surface area contributed by atoms with Crippen molar-refractivity contribution >= 4 is 33.8 Å². The Morgan fingerprint density at radius 1 is 1.04 bits per heavy atom. The van der Waals surface area contributed by atoms with Crippen molar-refractivity contribution in [2.24, 2.45) is 0 Å². The molecule has 3 rings (SSSR count). The molecule has 0 aliphatic carbocycles. The maximum atomic E-state index is 8.50. The highest BCUT2D eigenvalue weighted by Gasteiger charge is 2.28. The number of nitrogens with one attached hydrogen (secondary N) is 2. The Balaban J connectivity index is 1.97. The van der Waals surface area contributed by atoms with Crippen LogP contribution in [-0.2, 0) is 0 Å². The summed E-state index contributed by atoms with van der Waals surface area (Å²) in [6.07, 6.45) is 0. The van der Waals surface area contributed by atoms with Crippen LogP contribution < -0.4 is 5.32 Å². The van der Waals surface area contributed by atoms with E-state index < -0.39 is 10.6 Å². The van der Waals surface area contributed by atoms with Gasteiger partial charge in [-0.15, -0.1) is 0 Å². The Labute approximate surface area is 139 Å². The van der Waals surface area contributed by atoms with Gasteiger partial charge in [-0.1, -0.05) is 29.8 Å². The van der Waals surface area contributed by atoms with Crippen LogP contribution >= 0.6 is 22.2 Å². The van der Waals surface area contributed by atoms with Gasteiger partial charge in [-0.05, 0) is 19.1 Å². The van der Waals surface area contributed by atoms with Crippen molar-refractivity contribution in [2.75, 3.05) is 5.32 Å². The molecule has 2 aromatic heterocycles. The van der Waals surface area contributed by atoms with Crippen molar-refractivity contribution in [3.63, 3.8) is 0 Å². The smallest absolute Gasteiger partial charge is 0.157 e. The van der Waals surface area contributed by atoms with Crippen LogP contribution in [0.2, 0.25) is 5.15 Å². The molecule has 0 amide bonds. The third-order valence-corrected chi connectivity index (χ3v) is 5.30. The Morgan fingerprint density at radius 3 is 2.43 bits per heavy atom. The van der Waals surface area contributed by atoms with Crippen molar-refractivity contribution in [1.29, 1.82) is 0 Å². The molecule has 6 nitrogen and oxygen atoms in total. The molecule has 6 N–H and O–H groups in total. The lowest BCUT2D eigenvalue weighted by molar-refractivity contribution is 0.487. The second kappa shape index (κ2) is 6.21. The lowest BCUT2D eigenvalue weighted by Crippen LogP contribution is -2.02. The van der Waals surface area contributed by atoms with E-state index in [1.807, 2.05) is 31.2 Å². The standard InChI is InChI=1S/C15H15ClN4O2S/c1-10-7-15(20-19-10)18-14-9-12(8-13(16)17-14)23(21,22)11-5-3-2-4-6-11/h2-9,21-22H,1H3,(H2,17,18,19,20)/p+2. The van der Waals surface area contributed by atoms with Gasteiger partial charge in [0.25, 0.3) is 0 Å². The van der Waals surface area contributed by atoms with Crippen LogP contribution in [0, 0.1) is 6.92 Å². The minimum absolute atomic E-state index is 0.240. The summed E-state index contributed by atoms with van der Waals surface area (Å²) in [6.45, 7) is 1.90. The molecule has 0 bridgehead atoms. The third-order valence-electron chi connectivity index (χ3n) is 3.18. The molecule has 0 aliphatic heterocycles. The topological polar surface area (TPSA) is 99.4 Å². The van der Waals surface area contributed by atoms with Gasteiger partial charge in [0.05, 0.1) is 0 Å². The van der Waals surface area contributed by atoms with Gasteiger partial charge in [0.1, 0.15) is 11.0 Å². The van der Waals surface area contributed by atoms with Gasteiger partial charge >= 0.3 is 0 Å². The molecular weight excluding hydrogens is 336 g/mol. The van der Waals surface area contributed by atoms with Crippen LogP contribution in [0.15, 0.2) is 58.3 Å². The van der Waals surface area contributed by atoms with Gasteiger partial charge in [0, 0.05) is 34.5 Å². The van der Waals surface area contributed by atoms with E-state index in [4.69, 9.17) is 20.7 Å². The molecule has 1 aromatic carbocycles. The molecule has 0 unspecified atom stereocenters. The van der Waals surface area contributed by atoms with E-state index in [1.165, 1.54) is 0 Å². The van der Waals surface area contributed by atoms with Crippen LogP contribution in [0.4, 0.5) is 11.6 Å². The van der Waals surface area contributed by atoms with Crippen LogP contribution in [0.5, 0.6) is 0 Å². The summed E-state index contributed by atoms with van der Waals surface area (Å²) >= 11 is 6.08. The highest BCUT2D eigenvalue weighted by Crippen LogP contribution is 2.56. The van der Waals surface area contributed by atoms with Gasteiger partial charge < -0.3 is 5.32 Å². The lowest BCUT2D eigenvalue weighted by atomic mass is 10.4. The molecule has 3 aromatic rings. The number of halogens is 1. The van der Waals surface area contributed by atoms with Crippen molar-refractivity contribution in [2.45, 2.75) is 16.7 Å². The highest BCUT2D eigenvalue weighted by atomic mass is 35.5. The molecular formula is C15H17ClN4O2S+2. The van der Waals surface area contributed by atoms with Crippen molar-refractivity contribution in [3.05, 3.63) is 59.4 Å². The van der Waals surface area contributed by atoms with E-state index in [2.05, 4.69) is 20.5 Å². The number of H-pyrrole nitrogens is 1. The highest BCUT2D eigenvalue weighted by molar-refractivity contribution is 8.24. The fourth-order valence-corrected chi connectivity index (χ4v) is 3.78. The first-order valence-corrected chi connectivity index (χ1v) is 8.80. The van der Waals surface area contributed by atoms with E-state index in [-0.39, 0.29) is 5.15 Å². The van der Waals surface area contributed by atoms with Crippen molar-refractivity contribution in [3.8, 4) is 0 Å². The summed E-state index contributed by atoms with van der Waals surface area (Å²) in [5.74, 6) is 1.07. The predicted molar refractivity (Wildman–Crippen MR) is 93.6 cm³/mol. The van der Waals surface area contributed by atoms with Crippen LogP contribution in [0.1, 0.15) is 5.69 Å². The Kier molecular flexibility index (Phi) is 4.27. The van der Waals surface area contributed by atoms with Crippen LogP contribution in [0.25, 0.3) is 0 Å². The molecule has 120 valence electrons. The zero-order chi connectivity index (χ0) is 16.4. The van der Waals surface area contributed by atoms with E-state index in [0.717, 1.165) is 5.69 Å². The van der Waals surface area contributed by atoms with Gasteiger partial charge in [-0.25, -0.2) is 4.98 Å². The number of nitrogens with zero attached hydrogens (tertiary/aromatic N) is 2. The molecule has 8 heteroatoms. The average Bonchev–Trinajstić information content (AvgIpc) is 2.92. The molecule has 0 saturated heterocycles. The monoisotopic (exact) mass is 352 g/mol. The summed E-state index contributed by atoms with van der Waals surface area (Å²) < 4.78 is 17.0. The molecule has 0 fully saturated rings. The van der Waals surface area contributed by atoms with E-state index in [0.29, 0.717) is 21.4 Å². The fourth-order valence-electron chi connectivity index (χ4n) is 2.09. The maximum Gasteiger partial charge on any atom is 0.157 e. The molecule has 23 heavy (non-hydrogen) atoms. The molecule has 0 radical (unpaired) electrons. The maximum absolute atomic E-state index is 8.50. The molecule has 2 heterocycles. The molecule has 0 saturated carbocycles. The zero-order valence-corrected chi connectivity index (χ0v) is 13.9. The Morgan fingerprint density at radius 2 is 1.78 bits per heavy atom. The number of hydrogen-bond donors (Lipinski definition) is 2. The van der Waals surface area contributed by atoms with Crippen LogP contribution in [0.3, 0.4) is 0 Å². The second-order valence-corrected chi connectivity index (χ2v) is 7.55. The van der Waals surface area contributed by atoms with Crippen molar-refractivity contribution < 1.29 is 9.11 Å². The van der Waals surface area contributed by atoms with Gasteiger partial charge in [-0.3, -0.25) is 14.2 Å². The average molecular weight is 353 g/mol. The quantitative estimate of drug-likeness (QED) is 0.557. The third kappa shape index (κ3) is 3.48. The minimum Gasteiger partial charge on any atom is -0.323 e.